The number of carboxylic acid groups (broad SMARTS) is 1. The third-order valence-corrected chi connectivity index (χ3v) is 2.50. The number of hydrogen-bond donors (Lipinski definition) is 2. The van der Waals surface area contributed by atoms with Gasteiger partial charge in [0.1, 0.15) is 11.3 Å². The van der Waals surface area contributed by atoms with Gasteiger partial charge in [-0.15, -0.1) is 0 Å². The summed E-state index contributed by atoms with van der Waals surface area (Å²) in [7, 11) is 0. The van der Waals surface area contributed by atoms with Gasteiger partial charge in [0.25, 0.3) is 0 Å². The van der Waals surface area contributed by atoms with Crippen LogP contribution in [-0.4, -0.2) is 25.8 Å². The summed E-state index contributed by atoms with van der Waals surface area (Å²) in [4.78, 5) is 13.6. The van der Waals surface area contributed by atoms with E-state index in [4.69, 9.17) is 5.11 Å². The Morgan fingerprint density at radius 2 is 2.43 bits per heavy atom. The van der Waals surface area contributed by atoms with Crippen molar-refractivity contribution >= 4 is 17.0 Å². The molecule has 0 aliphatic heterocycles. The maximum Gasteiger partial charge on any atom is 0.352 e. The van der Waals surface area contributed by atoms with Crippen molar-refractivity contribution in [3.05, 3.63) is 18.0 Å². The lowest BCUT2D eigenvalue weighted by Gasteiger charge is -1.96. The average molecular weight is 191 g/mol. The van der Waals surface area contributed by atoms with E-state index >= 15 is 0 Å². The lowest BCUT2D eigenvalue weighted by molar-refractivity contribution is 0.0691. The fourth-order valence-corrected chi connectivity index (χ4v) is 1.64. The number of aromatic nitrogens is 3. The van der Waals surface area contributed by atoms with Crippen molar-refractivity contribution in [2.75, 3.05) is 0 Å². The first-order valence-electron chi connectivity index (χ1n) is 4.55. The van der Waals surface area contributed by atoms with E-state index in [1.807, 2.05) is 4.68 Å². The fraction of sp³-hybridized carbons (Fsp3) is 0.333. The Hall–Kier alpha value is -1.78. The average Bonchev–Trinajstić information content (AvgIpc) is 2.77. The summed E-state index contributed by atoms with van der Waals surface area (Å²) in [5.41, 5.74) is 1.05. The van der Waals surface area contributed by atoms with Gasteiger partial charge in [0, 0.05) is 5.39 Å². The molecule has 5 nitrogen and oxygen atoms in total. The highest BCUT2D eigenvalue weighted by Crippen LogP contribution is 2.36. The lowest BCUT2D eigenvalue weighted by Crippen LogP contribution is -1.99. The largest absolute Gasteiger partial charge is 0.477 e. The summed E-state index contributed by atoms with van der Waals surface area (Å²) >= 11 is 0. The van der Waals surface area contributed by atoms with E-state index in [0.29, 0.717) is 6.04 Å². The number of rotatable bonds is 2. The topological polar surface area (TPSA) is 70.9 Å². The SMILES string of the molecule is O=C(O)c1cc2cnn(C3CC3)c2[nH]1. The molecule has 0 saturated heterocycles. The second-order valence-electron chi connectivity index (χ2n) is 3.61. The Morgan fingerprint density at radius 3 is 3.07 bits per heavy atom. The number of nitrogens with zero attached hydrogens (tertiary/aromatic N) is 2. The first kappa shape index (κ1) is 7.61. The molecular weight excluding hydrogens is 182 g/mol. The molecule has 0 atom stereocenters. The molecule has 1 fully saturated rings. The van der Waals surface area contributed by atoms with Crippen LogP contribution in [0.15, 0.2) is 12.3 Å². The predicted molar refractivity (Wildman–Crippen MR) is 49.3 cm³/mol. The molecule has 2 aromatic rings. The molecule has 0 unspecified atom stereocenters. The van der Waals surface area contributed by atoms with Crippen molar-refractivity contribution < 1.29 is 9.90 Å². The molecule has 2 aromatic heterocycles. The Labute approximate surface area is 79.3 Å². The first-order chi connectivity index (χ1) is 6.75. The second-order valence-corrected chi connectivity index (χ2v) is 3.61. The van der Waals surface area contributed by atoms with E-state index in [2.05, 4.69) is 10.1 Å². The van der Waals surface area contributed by atoms with E-state index in [-0.39, 0.29) is 5.69 Å². The summed E-state index contributed by atoms with van der Waals surface area (Å²) in [5, 5.41) is 13.9. The van der Waals surface area contributed by atoms with Crippen molar-refractivity contribution in [3.63, 3.8) is 0 Å². The molecule has 1 saturated carbocycles. The smallest absolute Gasteiger partial charge is 0.352 e. The van der Waals surface area contributed by atoms with Crippen LogP contribution in [0, 0.1) is 0 Å². The molecule has 14 heavy (non-hydrogen) atoms. The third kappa shape index (κ3) is 0.951. The van der Waals surface area contributed by atoms with E-state index in [9.17, 15) is 4.79 Å². The van der Waals surface area contributed by atoms with Gasteiger partial charge in [0.2, 0.25) is 0 Å². The minimum Gasteiger partial charge on any atom is -0.477 e. The second kappa shape index (κ2) is 2.37. The van der Waals surface area contributed by atoms with Crippen LogP contribution in [0.4, 0.5) is 0 Å². The zero-order valence-electron chi connectivity index (χ0n) is 7.40. The monoisotopic (exact) mass is 191 g/mol. The number of carboxylic acids is 1. The van der Waals surface area contributed by atoms with E-state index < -0.39 is 5.97 Å². The number of carbonyl (C=O) groups is 1. The van der Waals surface area contributed by atoms with Crippen LogP contribution in [0.1, 0.15) is 29.4 Å². The van der Waals surface area contributed by atoms with E-state index in [1.54, 1.807) is 12.3 Å². The summed E-state index contributed by atoms with van der Waals surface area (Å²) in [5.74, 6) is -0.927. The molecular formula is C9H9N3O2. The summed E-state index contributed by atoms with van der Waals surface area (Å²) < 4.78 is 1.88. The molecule has 0 aromatic carbocycles. The quantitative estimate of drug-likeness (QED) is 0.753. The summed E-state index contributed by atoms with van der Waals surface area (Å²) in [6.45, 7) is 0. The fourth-order valence-electron chi connectivity index (χ4n) is 1.64. The van der Waals surface area contributed by atoms with Gasteiger partial charge in [0.05, 0.1) is 12.2 Å². The Morgan fingerprint density at radius 1 is 1.64 bits per heavy atom. The minimum absolute atomic E-state index is 0.229. The molecule has 2 heterocycles. The van der Waals surface area contributed by atoms with E-state index in [0.717, 1.165) is 23.9 Å². The van der Waals surface area contributed by atoms with Crippen LogP contribution in [0.5, 0.6) is 0 Å². The molecule has 2 N–H and O–H groups in total. The zero-order chi connectivity index (χ0) is 9.71. The normalized spacial score (nSPS) is 16.3. The van der Waals surface area contributed by atoms with Crippen LogP contribution in [0.3, 0.4) is 0 Å². The summed E-state index contributed by atoms with van der Waals surface area (Å²) in [6.07, 6.45) is 3.98. The maximum absolute atomic E-state index is 10.7. The third-order valence-electron chi connectivity index (χ3n) is 2.50. The van der Waals surface area contributed by atoms with Gasteiger partial charge in [-0.2, -0.15) is 5.10 Å². The van der Waals surface area contributed by atoms with Gasteiger partial charge in [-0.25, -0.2) is 9.48 Å². The number of aromatic carboxylic acids is 1. The van der Waals surface area contributed by atoms with Crippen LogP contribution in [0.25, 0.3) is 11.0 Å². The highest BCUT2D eigenvalue weighted by atomic mass is 16.4. The van der Waals surface area contributed by atoms with Gasteiger partial charge < -0.3 is 10.1 Å². The molecule has 0 spiro atoms. The number of fused-ring (bicyclic) bond motifs is 1. The van der Waals surface area contributed by atoms with Crippen molar-refractivity contribution in [1.29, 1.82) is 0 Å². The molecule has 3 rings (SSSR count). The highest BCUT2D eigenvalue weighted by Gasteiger charge is 2.26. The zero-order valence-corrected chi connectivity index (χ0v) is 7.40. The number of nitrogens with one attached hydrogen (secondary N) is 1. The first-order valence-corrected chi connectivity index (χ1v) is 4.55. The summed E-state index contributed by atoms with van der Waals surface area (Å²) in [6, 6.07) is 2.08. The molecule has 1 aliphatic carbocycles. The standard InChI is InChI=1S/C9H9N3O2/c13-9(14)7-3-5-4-10-12(6-1-2-6)8(5)11-7/h3-4,6,11H,1-2H2,(H,13,14). The molecule has 1 aliphatic rings. The molecule has 0 bridgehead atoms. The van der Waals surface area contributed by atoms with Gasteiger partial charge in [-0.05, 0) is 18.9 Å². The van der Waals surface area contributed by atoms with Crippen LogP contribution < -0.4 is 0 Å². The van der Waals surface area contributed by atoms with Crippen molar-refractivity contribution in [2.24, 2.45) is 0 Å². The number of hydrogen-bond acceptors (Lipinski definition) is 2. The molecule has 72 valence electrons. The predicted octanol–water partition coefficient (Wildman–Crippen LogP) is 1.40. The highest BCUT2D eigenvalue weighted by molar-refractivity contribution is 5.92. The number of aromatic amines is 1. The molecule has 5 heteroatoms. The van der Waals surface area contributed by atoms with Crippen LogP contribution in [-0.2, 0) is 0 Å². The Kier molecular flexibility index (Phi) is 1.29. The Balaban J connectivity index is 2.18. The van der Waals surface area contributed by atoms with Crippen molar-refractivity contribution in [1.82, 2.24) is 14.8 Å². The van der Waals surface area contributed by atoms with Gasteiger partial charge in [-0.3, -0.25) is 0 Å². The molecule has 0 radical (unpaired) electrons. The number of H-pyrrole nitrogens is 1. The van der Waals surface area contributed by atoms with Gasteiger partial charge in [0.15, 0.2) is 0 Å². The minimum atomic E-state index is -0.927. The van der Waals surface area contributed by atoms with Crippen LogP contribution in [0.2, 0.25) is 0 Å². The molecule has 0 amide bonds. The van der Waals surface area contributed by atoms with Gasteiger partial charge in [-0.1, -0.05) is 0 Å². The van der Waals surface area contributed by atoms with Crippen molar-refractivity contribution in [3.8, 4) is 0 Å². The lowest BCUT2D eigenvalue weighted by atomic mass is 10.4. The van der Waals surface area contributed by atoms with Gasteiger partial charge >= 0.3 is 5.97 Å². The van der Waals surface area contributed by atoms with Crippen molar-refractivity contribution in [2.45, 2.75) is 18.9 Å². The maximum atomic E-state index is 10.7. The Bertz CT molecular complexity index is 507. The van der Waals surface area contributed by atoms with Crippen LogP contribution >= 0.6 is 0 Å². The van der Waals surface area contributed by atoms with E-state index in [1.165, 1.54) is 0 Å².